The molecule has 0 saturated carbocycles. The summed E-state index contributed by atoms with van der Waals surface area (Å²) in [6, 6.07) is 8.93. The highest BCUT2D eigenvalue weighted by atomic mass is 19.4. The molecule has 0 N–H and O–H groups in total. The Balaban J connectivity index is 2.65. The number of carbonyl (C=O) groups is 1. The molecule has 0 spiro atoms. The number of benzene rings is 1. The molecule has 2 aromatic rings. The summed E-state index contributed by atoms with van der Waals surface area (Å²) in [6.45, 7) is 3.18. The van der Waals surface area contributed by atoms with Crippen LogP contribution in [0.25, 0.3) is 5.69 Å². The van der Waals surface area contributed by atoms with Crippen LogP contribution in [0, 0.1) is 6.92 Å². The standard InChI is InChI=1S/C15H14F3NO2/c1-3-21-14(20)12-9-13(15(16,17)18)19(10(12)2)11-7-5-4-6-8-11/h4-9H,3H2,1-2H3. The molecule has 1 heterocycles. The Labute approximate surface area is 120 Å². The van der Waals surface area contributed by atoms with E-state index >= 15 is 0 Å². The summed E-state index contributed by atoms with van der Waals surface area (Å²) in [5, 5.41) is 0. The van der Waals surface area contributed by atoms with Gasteiger partial charge in [0.25, 0.3) is 0 Å². The molecule has 0 fully saturated rings. The molecule has 0 aliphatic carbocycles. The van der Waals surface area contributed by atoms with Crippen molar-refractivity contribution in [1.29, 1.82) is 0 Å². The second-order valence-electron chi connectivity index (χ2n) is 4.42. The average molecular weight is 297 g/mol. The van der Waals surface area contributed by atoms with Crippen LogP contribution in [0.1, 0.15) is 28.7 Å². The third kappa shape index (κ3) is 2.94. The Bertz CT molecular complexity index is 645. The predicted molar refractivity (Wildman–Crippen MR) is 71.5 cm³/mol. The molecule has 0 atom stereocenters. The van der Waals surface area contributed by atoms with Crippen LogP contribution in [-0.2, 0) is 10.9 Å². The fourth-order valence-corrected chi connectivity index (χ4v) is 2.14. The highest BCUT2D eigenvalue weighted by molar-refractivity contribution is 5.91. The van der Waals surface area contributed by atoms with E-state index in [0.29, 0.717) is 5.69 Å². The Hall–Kier alpha value is -2.24. The molecule has 21 heavy (non-hydrogen) atoms. The molecular formula is C15H14F3NO2. The van der Waals surface area contributed by atoms with Crippen molar-refractivity contribution < 1.29 is 22.7 Å². The van der Waals surface area contributed by atoms with E-state index in [1.807, 2.05) is 0 Å². The lowest BCUT2D eigenvalue weighted by Crippen LogP contribution is -2.13. The van der Waals surface area contributed by atoms with E-state index in [1.165, 1.54) is 6.92 Å². The van der Waals surface area contributed by atoms with E-state index in [4.69, 9.17) is 4.74 Å². The number of alkyl halides is 3. The minimum absolute atomic E-state index is 0.0759. The van der Waals surface area contributed by atoms with E-state index in [9.17, 15) is 18.0 Å². The first-order valence-electron chi connectivity index (χ1n) is 6.38. The monoisotopic (exact) mass is 297 g/mol. The first-order chi connectivity index (χ1) is 9.86. The van der Waals surface area contributed by atoms with Gasteiger partial charge in [-0.05, 0) is 32.0 Å². The number of esters is 1. The van der Waals surface area contributed by atoms with Crippen molar-refractivity contribution in [3.8, 4) is 5.69 Å². The zero-order valence-corrected chi connectivity index (χ0v) is 11.6. The largest absolute Gasteiger partial charge is 0.462 e. The number of aromatic nitrogens is 1. The van der Waals surface area contributed by atoms with Crippen LogP contribution in [0.3, 0.4) is 0 Å². The molecule has 0 unspecified atom stereocenters. The Morgan fingerprint density at radius 3 is 2.38 bits per heavy atom. The number of hydrogen-bond donors (Lipinski definition) is 0. The van der Waals surface area contributed by atoms with Gasteiger partial charge in [-0.3, -0.25) is 0 Å². The number of halogens is 3. The third-order valence-electron chi connectivity index (χ3n) is 3.05. The molecular weight excluding hydrogens is 283 g/mol. The zero-order valence-electron chi connectivity index (χ0n) is 11.6. The summed E-state index contributed by atoms with van der Waals surface area (Å²) in [5.41, 5.74) is -0.424. The van der Waals surface area contributed by atoms with Gasteiger partial charge >= 0.3 is 12.1 Å². The fourth-order valence-electron chi connectivity index (χ4n) is 2.14. The first-order valence-corrected chi connectivity index (χ1v) is 6.38. The fraction of sp³-hybridized carbons (Fsp3) is 0.267. The van der Waals surface area contributed by atoms with Crippen molar-refractivity contribution >= 4 is 5.97 Å². The smallest absolute Gasteiger partial charge is 0.431 e. The van der Waals surface area contributed by atoms with E-state index in [-0.39, 0.29) is 17.9 Å². The van der Waals surface area contributed by atoms with Gasteiger partial charge < -0.3 is 9.30 Å². The zero-order chi connectivity index (χ0) is 15.6. The summed E-state index contributed by atoms with van der Waals surface area (Å²) in [4.78, 5) is 11.8. The van der Waals surface area contributed by atoms with Crippen molar-refractivity contribution in [2.45, 2.75) is 20.0 Å². The molecule has 0 aliphatic rings. The maximum atomic E-state index is 13.2. The normalized spacial score (nSPS) is 11.5. The van der Waals surface area contributed by atoms with E-state index < -0.39 is 17.8 Å². The topological polar surface area (TPSA) is 31.2 Å². The number of rotatable bonds is 3. The number of hydrogen-bond acceptors (Lipinski definition) is 2. The van der Waals surface area contributed by atoms with Crippen LogP contribution in [-0.4, -0.2) is 17.1 Å². The van der Waals surface area contributed by atoms with Crippen molar-refractivity contribution in [2.24, 2.45) is 0 Å². The Kier molecular flexibility index (Phi) is 4.06. The van der Waals surface area contributed by atoms with Crippen LogP contribution in [0.5, 0.6) is 0 Å². The molecule has 6 heteroatoms. The van der Waals surface area contributed by atoms with Crippen LogP contribution >= 0.6 is 0 Å². The van der Waals surface area contributed by atoms with E-state index in [1.54, 1.807) is 37.3 Å². The highest BCUT2D eigenvalue weighted by Crippen LogP contribution is 2.35. The first kappa shape index (κ1) is 15.2. The second-order valence-corrected chi connectivity index (χ2v) is 4.42. The summed E-state index contributed by atoms with van der Waals surface area (Å²) >= 11 is 0. The van der Waals surface area contributed by atoms with Crippen molar-refractivity contribution in [1.82, 2.24) is 4.57 Å². The van der Waals surface area contributed by atoms with Gasteiger partial charge in [-0.25, -0.2) is 4.79 Å². The molecule has 0 aliphatic heterocycles. The van der Waals surface area contributed by atoms with Gasteiger partial charge in [0, 0.05) is 11.4 Å². The summed E-state index contributed by atoms with van der Waals surface area (Å²) in [7, 11) is 0. The van der Waals surface area contributed by atoms with Crippen LogP contribution in [0.2, 0.25) is 0 Å². The lowest BCUT2D eigenvalue weighted by Gasteiger charge is -2.13. The van der Waals surface area contributed by atoms with Gasteiger partial charge in [-0.2, -0.15) is 13.2 Å². The number of para-hydroxylation sites is 1. The van der Waals surface area contributed by atoms with Crippen molar-refractivity contribution in [3.05, 3.63) is 53.3 Å². The van der Waals surface area contributed by atoms with Gasteiger partial charge in [-0.15, -0.1) is 0 Å². The van der Waals surface area contributed by atoms with Crippen molar-refractivity contribution in [2.75, 3.05) is 6.61 Å². The quantitative estimate of drug-likeness (QED) is 0.802. The minimum atomic E-state index is -4.56. The molecule has 0 radical (unpaired) electrons. The number of carbonyl (C=O) groups excluding carboxylic acids is 1. The van der Waals surface area contributed by atoms with Crippen LogP contribution in [0.4, 0.5) is 13.2 Å². The Morgan fingerprint density at radius 2 is 1.86 bits per heavy atom. The van der Waals surface area contributed by atoms with E-state index in [2.05, 4.69) is 0 Å². The number of nitrogens with zero attached hydrogens (tertiary/aromatic N) is 1. The van der Waals surface area contributed by atoms with Gasteiger partial charge in [-0.1, -0.05) is 18.2 Å². The maximum absolute atomic E-state index is 13.2. The average Bonchev–Trinajstić information content (AvgIpc) is 2.78. The van der Waals surface area contributed by atoms with E-state index in [0.717, 1.165) is 10.6 Å². The SMILES string of the molecule is CCOC(=O)c1cc(C(F)(F)F)n(-c2ccccc2)c1C. The maximum Gasteiger partial charge on any atom is 0.431 e. The van der Waals surface area contributed by atoms with Gasteiger partial charge in [0.1, 0.15) is 5.69 Å². The molecule has 112 valence electrons. The van der Waals surface area contributed by atoms with Crippen LogP contribution in [0.15, 0.2) is 36.4 Å². The predicted octanol–water partition coefficient (Wildman–Crippen LogP) is 3.98. The van der Waals surface area contributed by atoms with Crippen molar-refractivity contribution in [3.63, 3.8) is 0 Å². The number of ether oxygens (including phenoxy) is 1. The molecule has 0 bridgehead atoms. The summed E-state index contributed by atoms with van der Waals surface area (Å²) in [5.74, 6) is -0.754. The van der Waals surface area contributed by atoms with Gasteiger partial charge in [0.2, 0.25) is 0 Å². The molecule has 0 saturated heterocycles. The lowest BCUT2D eigenvalue weighted by molar-refractivity contribution is -0.142. The molecule has 2 rings (SSSR count). The van der Waals surface area contributed by atoms with Crippen LogP contribution < -0.4 is 0 Å². The minimum Gasteiger partial charge on any atom is -0.462 e. The Morgan fingerprint density at radius 1 is 1.24 bits per heavy atom. The van der Waals surface area contributed by atoms with Gasteiger partial charge in [0.05, 0.1) is 12.2 Å². The molecule has 0 amide bonds. The molecule has 1 aromatic carbocycles. The highest BCUT2D eigenvalue weighted by Gasteiger charge is 2.37. The third-order valence-corrected chi connectivity index (χ3v) is 3.05. The lowest BCUT2D eigenvalue weighted by atomic mass is 10.2. The second kappa shape index (κ2) is 5.63. The molecule has 3 nitrogen and oxygen atoms in total. The van der Waals surface area contributed by atoms with Gasteiger partial charge in [0.15, 0.2) is 0 Å². The summed E-state index contributed by atoms with van der Waals surface area (Å²) < 4.78 is 45.4. The molecule has 1 aromatic heterocycles. The summed E-state index contributed by atoms with van der Waals surface area (Å²) in [6.07, 6.45) is -4.56.